The topological polar surface area (TPSA) is 32.3 Å². The number of allylic oxidation sites excluding steroid dienone is 2. The van der Waals surface area contributed by atoms with Crippen molar-refractivity contribution in [2.24, 2.45) is 0 Å². The number of hydrogen-bond acceptors (Lipinski definition) is 2. The molecule has 60 valence electrons. The summed E-state index contributed by atoms with van der Waals surface area (Å²) < 4.78 is 0. The zero-order valence-electron chi connectivity index (χ0n) is 6.49. The SMILES string of the molecule is Oc1cccc2c1C=CC=CN2. The molecule has 0 saturated heterocycles. The Morgan fingerprint density at radius 2 is 2.08 bits per heavy atom. The highest BCUT2D eigenvalue weighted by molar-refractivity contribution is 5.74. The van der Waals surface area contributed by atoms with E-state index in [0.717, 1.165) is 11.3 Å². The molecule has 0 atom stereocenters. The molecule has 0 radical (unpaired) electrons. The predicted octanol–water partition coefficient (Wildman–Crippen LogP) is 2.34. The van der Waals surface area contributed by atoms with Gasteiger partial charge in [0.1, 0.15) is 5.75 Å². The third-order valence-electron chi connectivity index (χ3n) is 1.79. The molecular formula is C10H9NO. The van der Waals surface area contributed by atoms with Gasteiger partial charge >= 0.3 is 0 Å². The smallest absolute Gasteiger partial charge is 0.124 e. The summed E-state index contributed by atoms with van der Waals surface area (Å²) in [4.78, 5) is 0. The van der Waals surface area contributed by atoms with E-state index in [1.54, 1.807) is 6.07 Å². The standard InChI is InChI=1S/C10H9NO/c12-10-6-3-5-9-8(10)4-1-2-7-11-9/h1-7,11-12H. The number of benzene rings is 1. The quantitative estimate of drug-likeness (QED) is 0.609. The van der Waals surface area contributed by atoms with Crippen molar-refractivity contribution in [1.82, 2.24) is 0 Å². The molecule has 0 aliphatic carbocycles. The fraction of sp³-hybridized carbons (Fsp3) is 0. The van der Waals surface area contributed by atoms with Crippen molar-refractivity contribution in [3.63, 3.8) is 0 Å². The molecule has 2 N–H and O–H groups in total. The van der Waals surface area contributed by atoms with E-state index in [0.29, 0.717) is 5.75 Å². The van der Waals surface area contributed by atoms with Crippen molar-refractivity contribution in [1.29, 1.82) is 0 Å². The van der Waals surface area contributed by atoms with Gasteiger partial charge in [0.15, 0.2) is 0 Å². The van der Waals surface area contributed by atoms with Gasteiger partial charge < -0.3 is 10.4 Å². The van der Waals surface area contributed by atoms with Crippen LogP contribution in [0.25, 0.3) is 6.08 Å². The van der Waals surface area contributed by atoms with Crippen LogP contribution in [-0.2, 0) is 0 Å². The third-order valence-corrected chi connectivity index (χ3v) is 1.79. The predicted molar refractivity (Wildman–Crippen MR) is 49.9 cm³/mol. The highest BCUT2D eigenvalue weighted by Gasteiger charge is 2.03. The molecule has 1 aromatic rings. The third kappa shape index (κ3) is 1.07. The molecule has 0 unspecified atom stereocenters. The first-order valence-corrected chi connectivity index (χ1v) is 3.79. The number of anilines is 1. The van der Waals surface area contributed by atoms with Crippen LogP contribution < -0.4 is 5.32 Å². The molecule has 0 bridgehead atoms. The molecule has 0 aromatic heterocycles. The second-order valence-corrected chi connectivity index (χ2v) is 2.60. The normalized spacial score (nSPS) is 13.3. The summed E-state index contributed by atoms with van der Waals surface area (Å²) in [5, 5.41) is 12.5. The second kappa shape index (κ2) is 2.74. The van der Waals surface area contributed by atoms with Crippen LogP contribution in [0.1, 0.15) is 5.56 Å². The molecule has 0 amide bonds. The number of phenolic OH excluding ortho intramolecular Hbond substituents is 1. The minimum atomic E-state index is 0.306. The largest absolute Gasteiger partial charge is 0.507 e. The zero-order valence-corrected chi connectivity index (χ0v) is 6.49. The zero-order chi connectivity index (χ0) is 8.39. The lowest BCUT2D eigenvalue weighted by atomic mass is 10.1. The van der Waals surface area contributed by atoms with Gasteiger partial charge in [0.25, 0.3) is 0 Å². The van der Waals surface area contributed by atoms with Gasteiger partial charge in [-0.2, -0.15) is 0 Å². The maximum atomic E-state index is 9.46. The van der Waals surface area contributed by atoms with Crippen LogP contribution in [-0.4, -0.2) is 5.11 Å². The average Bonchev–Trinajstić information content (AvgIpc) is 2.30. The van der Waals surface area contributed by atoms with Crippen LogP contribution in [0.5, 0.6) is 5.75 Å². The summed E-state index contributed by atoms with van der Waals surface area (Å²) in [5.41, 5.74) is 1.77. The van der Waals surface area contributed by atoms with Crippen molar-refractivity contribution in [2.75, 3.05) is 5.32 Å². The fourth-order valence-corrected chi connectivity index (χ4v) is 1.20. The molecule has 1 aliphatic heterocycles. The molecule has 1 aliphatic rings. The van der Waals surface area contributed by atoms with Crippen LogP contribution in [0.3, 0.4) is 0 Å². The monoisotopic (exact) mass is 159 g/mol. The van der Waals surface area contributed by atoms with Crippen LogP contribution in [0, 0.1) is 0 Å². The Labute approximate surface area is 70.9 Å². The van der Waals surface area contributed by atoms with Crippen LogP contribution in [0.2, 0.25) is 0 Å². The Balaban J connectivity index is 2.59. The number of nitrogens with one attached hydrogen (secondary N) is 1. The van der Waals surface area contributed by atoms with Gasteiger partial charge in [-0.1, -0.05) is 12.1 Å². The minimum absolute atomic E-state index is 0.306. The van der Waals surface area contributed by atoms with Gasteiger partial charge in [0.05, 0.1) is 0 Å². The van der Waals surface area contributed by atoms with E-state index in [-0.39, 0.29) is 0 Å². The Bertz CT molecular complexity index is 353. The number of rotatable bonds is 0. The number of aromatic hydroxyl groups is 1. The molecule has 2 nitrogen and oxygen atoms in total. The van der Waals surface area contributed by atoms with Crippen LogP contribution in [0.15, 0.2) is 36.6 Å². The number of phenols is 1. The van der Waals surface area contributed by atoms with E-state index < -0.39 is 0 Å². The number of fused-ring (bicyclic) bond motifs is 1. The summed E-state index contributed by atoms with van der Waals surface area (Å²) in [6, 6.07) is 5.42. The highest BCUT2D eigenvalue weighted by Crippen LogP contribution is 2.27. The second-order valence-electron chi connectivity index (χ2n) is 2.60. The van der Waals surface area contributed by atoms with E-state index in [2.05, 4.69) is 5.32 Å². The van der Waals surface area contributed by atoms with Gasteiger partial charge in [-0.05, 0) is 24.3 Å². The molecular weight excluding hydrogens is 150 g/mol. The Morgan fingerprint density at radius 1 is 1.17 bits per heavy atom. The Hall–Kier alpha value is -1.70. The maximum absolute atomic E-state index is 9.46. The van der Waals surface area contributed by atoms with Crippen molar-refractivity contribution in [3.05, 3.63) is 42.1 Å². The van der Waals surface area contributed by atoms with E-state index >= 15 is 0 Å². The minimum Gasteiger partial charge on any atom is -0.507 e. The summed E-state index contributed by atoms with van der Waals surface area (Å²) in [5.74, 6) is 0.306. The van der Waals surface area contributed by atoms with E-state index in [1.807, 2.05) is 36.6 Å². The first-order chi connectivity index (χ1) is 5.88. The van der Waals surface area contributed by atoms with E-state index in [4.69, 9.17) is 0 Å². The average molecular weight is 159 g/mol. The summed E-state index contributed by atoms with van der Waals surface area (Å²) >= 11 is 0. The lowest BCUT2D eigenvalue weighted by Crippen LogP contribution is -1.88. The van der Waals surface area contributed by atoms with Gasteiger partial charge in [0, 0.05) is 17.5 Å². The molecule has 2 rings (SSSR count). The van der Waals surface area contributed by atoms with Gasteiger partial charge in [-0.3, -0.25) is 0 Å². The highest BCUT2D eigenvalue weighted by atomic mass is 16.3. The molecule has 0 fully saturated rings. The molecule has 1 heterocycles. The summed E-state index contributed by atoms with van der Waals surface area (Å²) in [6.45, 7) is 0. The Kier molecular flexibility index (Phi) is 1.59. The Morgan fingerprint density at radius 3 is 3.00 bits per heavy atom. The van der Waals surface area contributed by atoms with Gasteiger partial charge in [0.2, 0.25) is 0 Å². The molecule has 1 aromatic carbocycles. The fourth-order valence-electron chi connectivity index (χ4n) is 1.20. The number of hydrogen-bond donors (Lipinski definition) is 2. The maximum Gasteiger partial charge on any atom is 0.124 e. The van der Waals surface area contributed by atoms with Crippen LogP contribution >= 0.6 is 0 Å². The summed E-state index contributed by atoms with van der Waals surface area (Å²) in [7, 11) is 0. The van der Waals surface area contributed by atoms with Crippen molar-refractivity contribution >= 4 is 11.8 Å². The molecule has 0 spiro atoms. The van der Waals surface area contributed by atoms with E-state index in [9.17, 15) is 5.11 Å². The molecule has 2 heteroatoms. The van der Waals surface area contributed by atoms with E-state index in [1.165, 1.54) is 0 Å². The molecule has 12 heavy (non-hydrogen) atoms. The first-order valence-electron chi connectivity index (χ1n) is 3.79. The van der Waals surface area contributed by atoms with Gasteiger partial charge in [-0.15, -0.1) is 0 Å². The summed E-state index contributed by atoms with van der Waals surface area (Å²) in [6.07, 6.45) is 7.49. The van der Waals surface area contributed by atoms with Crippen molar-refractivity contribution in [3.8, 4) is 5.75 Å². The molecule has 0 saturated carbocycles. The van der Waals surface area contributed by atoms with Crippen LogP contribution in [0.4, 0.5) is 5.69 Å². The lowest BCUT2D eigenvalue weighted by molar-refractivity contribution is 0.474. The van der Waals surface area contributed by atoms with Crippen molar-refractivity contribution < 1.29 is 5.11 Å². The lowest BCUT2D eigenvalue weighted by Gasteiger charge is -2.05. The van der Waals surface area contributed by atoms with Gasteiger partial charge in [-0.25, -0.2) is 0 Å². The van der Waals surface area contributed by atoms with Crippen molar-refractivity contribution in [2.45, 2.75) is 0 Å². The first kappa shape index (κ1) is 6.98.